The summed E-state index contributed by atoms with van der Waals surface area (Å²) in [6.07, 6.45) is 2.07. The van der Waals surface area contributed by atoms with Crippen LogP contribution in [0.2, 0.25) is 5.02 Å². The molecule has 0 aliphatic carbocycles. The minimum Gasteiger partial charge on any atom is -0.327 e. The van der Waals surface area contributed by atoms with E-state index in [9.17, 15) is 0 Å². The van der Waals surface area contributed by atoms with E-state index in [0.717, 1.165) is 23.4 Å². The average molecular weight is 226 g/mol. The number of rotatable bonds is 4. The first kappa shape index (κ1) is 12.5. The van der Waals surface area contributed by atoms with E-state index in [4.69, 9.17) is 17.3 Å². The van der Waals surface area contributed by atoms with Crippen LogP contribution in [0.4, 0.5) is 0 Å². The summed E-state index contributed by atoms with van der Waals surface area (Å²) in [4.78, 5) is 0. The number of nitrogens with two attached hydrogens (primary N) is 1. The van der Waals surface area contributed by atoms with Gasteiger partial charge in [-0.05, 0) is 36.5 Å². The molecule has 0 radical (unpaired) electrons. The minimum absolute atomic E-state index is 0.246. The molecule has 0 aliphatic rings. The molecule has 0 fully saturated rings. The van der Waals surface area contributed by atoms with Gasteiger partial charge in [-0.25, -0.2) is 0 Å². The quantitative estimate of drug-likeness (QED) is 0.833. The van der Waals surface area contributed by atoms with Gasteiger partial charge < -0.3 is 5.73 Å². The van der Waals surface area contributed by atoms with E-state index in [0.29, 0.717) is 5.92 Å². The molecule has 2 N–H and O–H groups in total. The third-order valence-electron chi connectivity index (χ3n) is 3.07. The van der Waals surface area contributed by atoms with Crippen LogP contribution in [0.25, 0.3) is 0 Å². The third kappa shape index (κ3) is 3.51. The topological polar surface area (TPSA) is 26.0 Å². The Kier molecular flexibility index (Phi) is 4.62. The standard InChI is InChI=1S/C13H20ClN/c1-4-9(2)13(15)8-11-5-6-12(14)10(3)7-11/h5-7,9,13H,4,8,15H2,1-3H3. The zero-order chi connectivity index (χ0) is 11.4. The number of hydrogen-bond acceptors (Lipinski definition) is 1. The summed E-state index contributed by atoms with van der Waals surface area (Å²) >= 11 is 5.98. The van der Waals surface area contributed by atoms with Crippen molar-refractivity contribution < 1.29 is 0 Å². The molecule has 0 aliphatic heterocycles. The summed E-state index contributed by atoms with van der Waals surface area (Å²) < 4.78 is 0. The maximum Gasteiger partial charge on any atom is 0.0435 e. The Hall–Kier alpha value is -0.530. The Morgan fingerprint density at radius 1 is 1.40 bits per heavy atom. The van der Waals surface area contributed by atoms with Gasteiger partial charge in [0.2, 0.25) is 0 Å². The summed E-state index contributed by atoms with van der Waals surface area (Å²) in [5.41, 5.74) is 8.53. The number of hydrogen-bond donors (Lipinski definition) is 1. The SMILES string of the molecule is CCC(C)C(N)Cc1ccc(Cl)c(C)c1. The molecule has 0 bridgehead atoms. The Bertz CT molecular complexity index is 322. The highest BCUT2D eigenvalue weighted by Crippen LogP contribution is 2.18. The van der Waals surface area contributed by atoms with E-state index in [1.54, 1.807) is 0 Å². The molecule has 15 heavy (non-hydrogen) atoms. The molecular formula is C13H20ClN. The van der Waals surface area contributed by atoms with Gasteiger partial charge in [0.15, 0.2) is 0 Å². The highest BCUT2D eigenvalue weighted by Gasteiger charge is 2.11. The predicted molar refractivity (Wildman–Crippen MR) is 67.3 cm³/mol. The fourth-order valence-electron chi connectivity index (χ4n) is 1.61. The minimum atomic E-state index is 0.246. The van der Waals surface area contributed by atoms with Crippen LogP contribution in [0.3, 0.4) is 0 Å². The van der Waals surface area contributed by atoms with Crippen LogP contribution in [-0.4, -0.2) is 6.04 Å². The normalized spacial score (nSPS) is 15.0. The van der Waals surface area contributed by atoms with Gasteiger partial charge in [0.05, 0.1) is 0 Å². The van der Waals surface area contributed by atoms with Gasteiger partial charge in [-0.2, -0.15) is 0 Å². The van der Waals surface area contributed by atoms with Gasteiger partial charge in [-0.1, -0.05) is 44.0 Å². The first-order chi connectivity index (χ1) is 7.04. The van der Waals surface area contributed by atoms with Gasteiger partial charge in [0, 0.05) is 11.1 Å². The lowest BCUT2D eigenvalue weighted by molar-refractivity contribution is 0.440. The molecule has 0 saturated heterocycles. The van der Waals surface area contributed by atoms with Crippen molar-refractivity contribution in [3.8, 4) is 0 Å². The Balaban J connectivity index is 2.68. The molecule has 2 unspecified atom stereocenters. The van der Waals surface area contributed by atoms with Crippen LogP contribution in [0.1, 0.15) is 31.4 Å². The van der Waals surface area contributed by atoms with Crippen LogP contribution in [0, 0.1) is 12.8 Å². The zero-order valence-electron chi connectivity index (χ0n) is 9.76. The highest BCUT2D eigenvalue weighted by molar-refractivity contribution is 6.31. The van der Waals surface area contributed by atoms with Crippen molar-refractivity contribution in [3.63, 3.8) is 0 Å². The second-order valence-corrected chi connectivity index (χ2v) is 4.74. The van der Waals surface area contributed by atoms with Crippen LogP contribution in [0.5, 0.6) is 0 Å². The molecule has 0 spiro atoms. The first-order valence-electron chi connectivity index (χ1n) is 5.55. The van der Waals surface area contributed by atoms with E-state index in [2.05, 4.69) is 26.0 Å². The molecule has 2 heteroatoms. The van der Waals surface area contributed by atoms with Crippen molar-refractivity contribution in [2.45, 2.75) is 39.7 Å². The summed E-state index contributed by atoms with van der Waals surface area (Å²) in [6.45, 7) is 6.41. The van der Waals surface area contributed by atoms with Gasteiger partial charge >= 0.3 is 0 Å². The van der Waals surface area contributed by atoms with E-state index >= 15 is 0 Å². The number of halogens is 1. The Morgan fingerprint density at radius 3 is 2.60 bits per heavy atom. The van der Waals surface area contributed by atoms with Gasteiger partial charge in [-0.3, -0.25) is 0 Å². The zero-order valence-corrected chi connectivity index (χ0v) is 10.5. The van der Waals surface area contributed by atoms with Crippen molar-refractivity contribution in [2.24, 2.45) is 11.7 Å². The van der Waals surface area contributed by atoms with E-state index in [1.807, 2.05) is 13.0 Å². The van der Waals surface area contributed by atoms with Gasteiger partial charge in [-0.15, -0.1) is 0 Å². The molecule has 0 aromatic heterocycles. The van der Waals surface area contributed by atoms with Crippen molar-refractivity contribution in [3.05, 3.63) is 34.3 Å². The van der Waals surface area contributed by atoms with Crippen molar-refractivity contribution >= 4 is 11.6 Å². The van der Waals surface area contributed by atoms with Crippen molar-refractivity contribution in [1.82, 2.24) is 0 Å². The number of benzene rings is 1. The number of aryl methyl sites for hydroxylation is 1. The summed E-state index contributed by atoms with van der Waals surface area (Å²) in [7, 11) is 0. The summed E-state index contributed by atoms with van der Waals surface area (Å²) in [5, 5.41) is 0.830. The smallest absolute Gasteiger partial charge is 0.0435 e. The highest BCUT2D eigenvalue weighted by atomic mass is 35.5. The largest absolute Gasteiger partial charge is 0.327 e. The predicted octanol–water partition coefficient (Wildman–Crippen LogP) is 3.56. The molecule has 1 aromatic rings. The molecule has 1 rings (SSSR count). The fourth-order valence-corrected chi connectivity index (χ4v) is 1.73. The molecule has 2 atom stereocenters. The maximum absolute atomic E-state index is 6.11. The summed E-state index contributed by atoms with van der Waals surface area (Å²) in [5.74, 6) is 0.570. The van der Waals surface area contributed by atoms with Crippen LogP contribution >= 0.6 is 11.6 Å². The lowest BCUT2D eigenvalue weighted by atomic mass is 9.93. The molecule has 0 heterocycles. The van der Waals surface area contributed by atoms with Crippen LogP contribution < -0.4 is 5.73 Å². The van der Waals surface area contributed by atoms with E-state index in [1.165, 1.54) is 5.56 Å². The molecule has 0 amide bonds. The van der Waals surface area contributed by atoms with Gasteiger partial charge in [0.25, 0.3) is 0 Å². The van der Waals surface area contributed by atoms with Crippen LogP contribution in [0.15, 0.2) is 18.2 Å². The fraction of sp³-hybridized carbons (Fsp3) is 0.538. The second-order valence-electron chi connectivity index (χ2n) is 4.34. The van der Waals surface area contributed by atoms with E-state index in [-0.39, 0.29) is 6.04 Å². The molecular weight excluding hydrogens is 206 g/mol. The Morgan fingerprint density at radius 2 is 2.07 bits per heavy atom. The van der Waals surface area contributed by atoms with Crippen molar-refractivity contribution in [1.29, 1.82) is 0 Å². The van der Waals surface area contributed by atoms with Crippen LogP contribution in [-0.2, 0) is 6.42 Å². The third-order valence-corrected chi connectivity index (χ3v) is 3.49. The molecule has 1 aromatic carbocycles. The second kappa shape index (κ2) is 5.53. The van der Waals surface area contributed by atoms with Gasteiger partial charge in [0.1, 0.15) is 0 Å². The lowest BCUT2D eigenvalue weighted by Crippen LogP contribution is -2.30. The molecule has 0 saturated carbocycles. The molecule has 1 nitrogen and oxygen atoms in total. The molecule has 84 valence electrons. The first-order valence-corrected chi connectivity index (χ1v) is 5.93. The van der Waals surface area contributed by atoms with Crippen molar-refractivity contribution in [2.75, 3.05) is 0 Å². The lowest BCUT2D eigenvalue weighted by Gasteiger charge is -2.18. The average Bonchev–Trinajstić information content (AvgIpc) is 2.22. The van der Waals surface area contributed by atoms with E-state index < -0.39 is 0 Å². The maximum atomic E-state index is 6.11. The summed E-state index contributed by atoms with van der Waals surface area (Å²) in [6, 6.07) is 6.40. The Labute approximate surface area is 97.6 Å². The monoisotopic (exact) mass is 225 g/mol.